The van der Waals surface area contributed by atoms with Crippen LogP contribution in [0.5, 0.6) is 0 Å². The molecule has 1 heteroatoms. The van der Waals surface area contributed by atoms with Crippen LogP contribution in [0, 0.1) is 12.8 Å². The predicted molar refractivity (Wildman–Crippen MR) is 65.2 cm³/mol. The van der Waals surface area contributed by atoms with Gasteiger partial charge in [-0.15, -0.1) is 0 Å². The third-order valence-electron chi connectivity index (χ3n) is 3.47. The molecule has 1 aromatic rings. The molecule has 2 atom stereocenters. The number of rotatable bonds is 3. The van der Waals surface area contributed by atoms with Crippen molar-refractivity contribution < 1.29 is 0 Å². The molecule has 82 valence electrons. The number of aryl methyl sites for hydroxylation is 1. The molecule has 1 aromatic carbocycles. The van der Waals surface area contributed by atoms with Gasteiger partial charge in [-0.3, -0.25) is 0 Å². The smallest absolute Gasteiger partial charge is 0.00234 e. The average molecular weight is 203 g/mol. The van der Waals surface area contributed by atoms with Gasteiger partial charge in [0.1, 0.15) is 0 Å². The van der Waals surface area contributed by atoms with Gasteiger partial charge in [-0.2, -0.15) is 0 Å². The van der Waals surface area contributed by atoms with Crippen molar-refractivity contribution in [3.05, 3.63) is 35.4 Å². The van der Waals surface area contributed by atoms with Crippen molar-refractivity contribution in [2.45, 2.75) is 32.6 Å². The van der Waals surface area contributed by atoms with Crippen molar-refractivity contribution in [2.75, 3.05) is 13.1 Å². The zero-order valence-electron chi connectivity index (χ0n) is 9.79. The van der Waals surface area contributed by atoms with Crippen molar-refractivity contribution in [3.8, 4) is 0 Å². The molecule has 1 fully saturated rings. The SMILES string of the molecule is CCC[C@H]1CNC[C@H]1c1cccc(C)c1. The second kappa shape index (κ2) is 4.80. The molecule has 1 saturated heterocycles. The summed E-state index contributed by atoms with van der Waals surface area (Å²) < 4.78 is 0. The maximum Gasteiger partial charge on any atom is 0.00234 e. The molecule has 0 bridgehead atoms. The number of benzene rings is 1. The summed E-state index contributed by atoms with van der Waals surface area (Å²) in [6.07, 6.45) is 2.65. The maximum absolute atomic E-state index is 3.53. The van der Waals surface area contributed by atoms with Gasteiger partial charge >= 0.3 is 0 Å². The van der Waals surface area contributed by atoms with Crippen LogP contribution in [-0.2, 0) is 0 Å². The Morgan fingerprint density at radius 1 is 1.33 bits per heavy atom. The zero-order chi connectivity index (χ0) is 10.7. The minimum absolute atomic E-state index is 0.741. The minimum Gasteiger partial charge on any atom is -0.316 e. The van der Waals surface area contributed by atoms with E-state index in [1.807, 2.05) is 0 Å². The highest BCUT2D eigenvalue weighted by atomic mass is 14.9. The lowest BCUT2D eigenvalue weighted by Gasteiger charge is -2.18. The van der Waals surface area contributed by atoms with E-state index in [1.54, 1.807) is 0 Å². The van der Waals surface area contributed by atoms with E-state index in [4.69, 9.17) is 0 Å². The summed E-state index contributed by atoms with van der Waals surface area (Å²) in [5.41, 5.74) is 2.91. The Morgan fingerprint density at radius 2 is 2.20 bits per heavy atom. The summed E-state index contributed by atoms with van der Waals surface area (Å²) in [6, 6.07) is 9.00. The first kappa shape index (κ1) is 10.7. The van der Waals surface area contributed by atoms with Crippen LogP contribution in [0.2, 0.25) is 0 Å². The normalized spacial score (nSPS) is 25.7. The van der Waals surface area contributed by atoms with E-state index in [-0.39, 0.29) is 0 Å². The van der Waals surface area contributed by atoms with Crippen molar-refractivity contribution in [2.24, 2.45) is 5.92 Å². The Balaban J connectivity index is 2.15. The fourth-order valence-electron chi connectivity index (χ4n) is 2.70. The first-order valence-corrected chi connectivity index (χ1v) is 6.08. The van der Waals surface area contributed by atoms with Crippen molar-refractivity contribution in [1.82, 2.24) is 5.32 Å². The molecule has 15 heavy (non-hydrogen) atoms. The van der Waals surface area contributed by atoms with E-state index >= 15 is 0 Å². The molecule has 0 aliphatic carbocycles. The van der Waals surface area contributed by atoms with Gasteiger partial charge in [0.15, 0.2) is 0 Å². The highest BCUT2D eigenvalue weighted by Gasteiger charge is 2.27. The highest BCUT2D eigenvalue weighted by molar-refractivity contribution is 5.27. The Labute approximate surface area is 92.9 Å². The quantitative estimate of drug-likeness (QED) is 0.796. The first-order valence-electron chi connectivity index (χ1n) is 6.08. The molecule has 0 aromatic heterocycles. The van der Waals surface area contributed by atoms with E-state index in [2.05, 4.69) is 43.4 Å². The lowest BCUT2D eigenvalue weighted by Crippen LogP contribution is -2.10. The van der Waals surface area contributed by atoms with Gasteiger partial charge < -0.3 is 5.32 Å². The maximum atomic E-state index is 3.53. The van der Waals surface area contributed by atoms with Crippen LogP contribution in [-0.4, -0.2) is 13.1 Å². The topological polar surface area (TPSA) is 12.0 Å². The Kier molecular flexibility index (Phi) is 3.42. The molecular formula is C14H21N. The van der Waals surface area contributed by atoms with Gasteiger partial charge in [0.25, 0.3) is 0 Å². The molecule has 2 rings (SSSR count). The summed E-state index contributed by atoms with van der Waals surface area (Å²) in [6.45, 7) is 6.83. The first-order chi connectivity index (χ1) is 7.31. The number of nitrogens with one attached hydrogen (secondary N) is 1. The van der Waals surface area contributed by atoms with Gasteiger partial charge in [0.05, 0.1) is 0 Å². The summed E-state index contributed by atoms with van der Waals surface area (Å²) in [4.78, 5) is 0. The molecule has 0 unspecified atom stereocenters. The third kappa shape index (κ3) is 2.40. The average Bonchev–Trinajstić information content (AvgIpc) is 2.66. The Morgan fingerprint density at radius 3 is 2.93 bits per heavy atom. The molecule has 1 heterocycles. The zero-order valence-corrected chi connectivity index (χ0v) is 9.79. The fourth-order valence-corrected chi connectivity index (χ4v) is 2.70. The molecule has 1 aliphatic heterocycles. The molecule has 1 nitrogen and oxygen atoms in total. The molecular weight excluding hydrogens is 182 g/mol. The van der Waals surface area contributed by atoms with Crippen LogP contribution >= 0.6 is 0 Å². The highest BCUT2D eigenvalue weighted by Crippen LogP contribution is 2.31. The van der Waals surface area contributed by atoms with Crippen LogP contribution in [0.15, 0.2) is 24.3 Å². The second-order valence-electron chi connectivity index (χ2n) is 4.73. The number of hydrogen-bond donors (Lipinski definition) is 1. The third-order valence-corrected chi connectivity index (χ3v) is 3.47. The monoisotopic (exact) mass is 203 g/mol. The Hall–Kier alpha value is -0.820. The summed E-state index contributed by atoms with van der Waals surface area (Å²) in [5.74, 6) is 1.58. The number of hydrogen-bond acceptors (Lipinski definition) is 1. The van der Waals surface area contributed by atoms with Gasteiger partial charge in [0, 0.05) is 12.5 Å². The lowest BCUT2D eigenvalue weighted by molar-refractivity contribution is 0.473. The Bertz CT molecular complexity index is 319. The minimum atomic E-state index is 0.741. The molecule has 0 saturated carbocycles. The molecule has 0 radical (unpaired) electrons. The standard InChI is InChI=1S/C14H21N/c1-3-5-13-9-15-10-14(13)12-7-4-6-11(2)8-12/h4,6-8,13-15H,3,5,9-10H2,1-2H3/t13-,14-/m0/s1. The lowest BCUT2D eigenvalue weighted by atomic mass is 9.86. The van der Waals surface area contributed by atoms with Crippen molar-refractivity contribution in [1.29, 1.82) is 0 Å². The largest absolute Gasteiger partial charge is 0.316 e. The van der Waals surface area contributed by atoms with E-state index < -0.39 is 0 Å². The molecule has 1 N–H and O–H groups in total. The molecule has 1 aliphatic rings. The van der Waals surface area contributed by atoms with Crippen LogP contribution in [0.1, 0.15) is 36.8 Å². The van der Waals surface area contributed by atoms with Crippen LogP contribution in [0.4, 0.5) is 0 Å². The van der Waals surface area contributed by atoms with Crippen LogP contribution < -0.4 is 5.32 Å². The van der Waals surface area contributed by atoms with E-state index in [9.17, 15) is 0 Å². The van der Waals surface area contributed by atoms with Gasteiger partial charge in [-0.05, 0) is 31.4 Å². The van der Waals surface area contributed by atoms with Crippen molar-refractivity contribution >= 4 is 0 Å². The van der Waals surface area contributed by atoms with Gasteiger partial charge in [0.2, 0.25) is 0 Å². The summed E-state index contributed by atoms with van der Waals surface area (Å²) in [5, 5.41) is 3.53. The fraction of sp³-hybridized carbons (Fsp3) is 0.571. The van der Waals surface area contributed by atoms with E-state index in [0.29, 0.717) is 0 Å². The van der Waals surface area contributed by atoms with E-state index in [1.165, 1.54) is 30.5 Å². The van der Waals surface area contributed by atoms with E-state index in [0.717, 1.165) is 18.4 Å². The summed E-state index contributed by atoms with van der Waals surface area (Å²) >= 11 is 0. The van der Waals surface area contributed by atoms with Crippen molar-refractivity contribution in [3.63, 3.8) is 0 Å². The summed E-state index contributed by atoms with van der Waals surface area (Å²) in [7, 11) is 0. The second-order valence-corrected chi connectivity index (χ2v) is 4.73. The van der Waals surface area contributed by atoms with Gasteiger partial charge in [-0.25, -0.2) is 0 Å². The van der Waals surface area contributed by atoms with Crippen LogP contribution in [0.25, 0.3) is 0 Å². The molecule has 0 spiro atoms. The predicted octanol–water partition coefficient (Wildman–Crippen LogP) is 3.10. The van der Waals surface area contributed by atoms with Gasteiger partial charge in [-0.1, -0.05) is 43.2 Å². The van der Waals surface area contributed by atoms with Crippen LogP contribution in [0.3, 0.4) is 0 Å². The molecule has 0 amide bonds.